The SMILES string of the molecule is COCC[N]([In]([CH3])[CH3])C(C)(C)C. The van der Waals surface area contributed by atoms with Gasteiger partial charge in [-0.1, -0.05) is 0 Å². The topological polar surface area (TPSA) is 12.5 Å². The molecule has 12 heavy (non-hydrogen) atoms. The van der Waals surface area contributed by atoms with Crippen LogP contribution in [-0.4, -0.2) is 50.4 Å². The molecule has 0 bridgehead atoms. The van der Waals surface area contributed by atoms with Crippen molar-refractivity contribution in [1.82, 2.24) is 2.89 Å². The van der Waals surface area contributed by atoms with E-state index >= 15 is 0 Å². The Hall–Kier alpha value is 0.790. The normalized spacial score (nSPS) is 12.2. The molecule has 0 aromatic carbocycles. The van der Waals surface area contributed by atoms with Gasteiger partial charge in [0.1, 0.15) is 0 Å². The van der Waals surface area contributed by atoms with E-state index in [1.807, 2.05) is 0 Å². The quantitative estimate of drug-likeness (QED) is 0.778. The van der Waals surface area contributed by atoms with Crippen LogP contribution in [-0.2, 0) is 4.74 Å². The van der Waals surface area contributed by atoms with Crippen molar-refractivity contribution in [2.24, 2.45) is 0 Å². The molecule has 0 aliphatic rings. The molecule has 0 rings (SSSR count). The summed E-state index contributed by atoms with van der Waals surface area (Å²) >= 11 is -1.34. The molecule has 0 amide bonds. The first-order chi connectivity index (χ1) is 5.39. The number of hydrogen-bond acceptors (Lipinski definition) is 2. The zero-order chi connectivity index (χ0) is 9.78. The maximum absolute atomic E-state index is 5.11. The first-order valence-electron chi connectivity index (χ1n) is 4.65. The predicted molar refractivity (Wildman–Crippen MR) is 55.8 cm³/mol. The van der Waals surface area contributed by atoms with Gasteiger partial charge >= 0.3 is 85.3 Å². The molecule has 0 radical (unpaired) electrons. The maximum atomic E-state index is 5.11. The zero-order valence-electron chi connectivity index (χ0n) is 9.35. The molecule has 0 aliphatic heterocycles. The van der Waals surface area contributed by atoms with Crippen molar-refractivity contribution in [3.05, 3.63) is 0 Å². The predicted octanol–water partition coefficient (Wildman–Crippen LogP) is 1.98. The van der Waals surface area contributed by atoms with E-state index in [4.69, 9.17) is 4.74 Å². The van der Waals surface area contributed by atoms with Crippen LogP contribution in [0.25, 0.3) is 0 Å². The fourth-order valence-electron chi connectivity index (χ4n) is 1.56. The van der Waals surface area contributed by atoms with Gasteiger partial charge in [0, 0.05) is 0 Å². The molecule has 0 aromatic rings. The van der Waals surface area contributed by atoms with Crippen molar-refractivity contribution in [2.45, 2.75) is 35.7 Å². The summed E-state index contributed by atoms with van der Waals surface area (Å²) in [5, 5.41) is 0. The summed E-state index contributed by atoms with van der Waals surface area (Å²) in [7, 11) is 1.77. The zero-order valence-corrected chi connectivity index (χ0v) is 12.6. The van der Waals surface area contributed by atoms with E-state index in [2.05, 4.69) is 33.0 Å². The van der Waals surface area contributed by atoms with Gasteiger partial charge in [-0.05, 0) is 0 Å². The Kier molecular flexibility index (Phi) is 5.87. The summed E-state index contributed by atoms with van der Waals surface area (Å²) in [6.45, 7) is 8.85. The third-order valence-corrected chi connectivity index (χ3v) is 8.53. The molecule has 0 aromatic heterocycles. The van der Waals surface area contributed by atoms with Crippen LogP contribution in [0.3, 0.4) is 0 Å². The van der Waals surface area contributed by atoms with Gasteiger partial charge in [0.25, 0.3) is 0 Å². The number of rotatable bonds is 4. The molecule has 0 fully saturated rings. The fraction of sp³-hybridized carbons (Fsp3) is 1.00. The third-order valence-electron chi connectivity index (χ3n) is 2.02. The Labute approximate surface area is 85.2 Å². The molecule has 72 valence electrons. The van der Waals surface area contributed by atoms with Crippen LogP contribution < -0.4 is 0 Å². The second-order valence-corrected chi connectivity index (χ2v) is 12.5. The molecule has 0 unspecified atom stereocenters. The van der Waals surface area contributed by atoms with Gasteiger partial charge in [-0.15, -0.1) is 0 Å². The Bertz CT molecular complexity index is 120. The average Bonchev–Trinajstić information content (AvgIpc) is 1.84. The van der Waals surface area contributed by atoms with Crippen molar-refractivity contribution < 1.29 is 4.74 Å². The van der Waals surface area contributed by atoms with E-state index in [0.29, 0.717) is 5.54 Å². The van der Waals surface area contributed by atoms with E-state index in [1.54, 1.807) is 7.11 Å². The standard InChI is InChI=1S/C7H16NO.2CH3.In/c1-7(2,3)8-5-6-9-4;;;/h5-6H2,1-4H3;2*1H3;/q-1;;;+1. The van der Waals surface area contributed by atoms with Gasteiger partial charge in [0.2, 0.25) is 0 Å². The van der Waals surface area contributed by atoms with Crippen LogP contribution in [0.5, 0.6) is 0 Å². The minimum atomic E-state index is -1.34. The second kappa shape index (κ2) is 5.51. The molecule has 0 heterocycles. The van der Waals surface area contributed by atoms with Crippen molar-refractivity contribution >= 4 is 21.7 Å². The number of hydrogen-bond donors (Lipinski definition) is 0. The Morgan fingerprint density at radius 2 is 1.75 bits per heavy atom. The fourth-order valence-corrected chi connectivity index (χ4v) is 7.75. The second-order valence-electron chi connectivity index (χ2n) is 4.45. The van der Waals surface area contributed by atoms with Gasteiger partial charge in [-0.25, -0.2) is 0 Å². The molecule has 2 nitrogen and oxygen atoms in total. The van der Waals surface area contributed by atoms with E-state index in [9.17, 15) is 0 Å². The van der Waals surface area contributed by atoms with Crippen LogP contribution in [0.2, 0.25) is 9.36 Å². The molecule has 0 atom stereocenters. The van der Waals surface area contributed by atoms with Gasteiger partial charge in [-0.3, -0.25) is 0 Å². The third kappa shape index (κ3) is 4.73. The molecule has 0 spiro atoms. The van der Waals surface area contributed by atoms with Crippen molar-refractivity contribution in [1.29, 1.82) is 0 Å². The number of ether oxygens (including phenoxy) is 1. The van der Waals surface area contributed by atoms with Crippen LogP contribution in [0.1, 0.15) is 20.8 Å². The number of nitrogens with zero attached hydrogens (tertiary/aromatic N) is 1. The summed E-state index contributed by atoms with van der Waals surface area (Å²) in [6, 6.07) is 0. The van der Waals surface area contributed by atoms with Crippen molar-refractivity contribution in [3.8, 4) is 0 Å². The van der Waals surface area contributed by atoms with Crippen molar-refractivity contribution in [2.75, 3.05) is 20.3 Å². The van der Waals surface area contributed by atoms with Gasteiger partial charge < -0.3 is 0 Å². The van der Waals surface area contributed by atoms with Crippen LogP contribution in [0, 0.1) is 0 Å². The van der Waals surface area contributed by atoms with E-state index in [1.165, 1.54) is 0 Å². The first-order valence-corrected chi connectivity index (χ1v) is 12.7. The Morgan fingerprint density at radius 3 is 2.00 bits per heavy atom. The molecular formula is C9H22InNO. The number of methoxy groups -OCH3 is 1. The van der Waals surface area contributed by atoms with Gasteiger partial charge in [0.15, 0.2) is 0 Å². The average molecular weight is 275 g/mol. The Morgan fingerprint density at radius 1 is 1.25 bits per heavy atom. The van der Waals surface area contributed by atoms with Crippen LogP contribution in [0.4, 0.5) is 0 Å². The van der Waals surface area contributed by atoms with Gasteiger partial charge in [0.05, 0.1) is 0 Å². The van der Waals surface area contributed by atoms with Crippen LogP contribution in [0.15, 0.2) is 0 Å². The summed E-state index contributed by atoms with van der Waals surface area (Å²) in [4.78, 5) is 0. The van der Waals surface area contributed by atoms with E-state index in [-0.39, 0.29) is 0 Å². The Balaban J connectivity index is 4.05. The molecule has 0 saturated heterocycles. The van der Waals surface area contributed by atoms with E-state index in [0.717, 1.165) is 13.2 Å². The molecule has 0 aliphatic carbocycles. The monoisotopic (exact) mass is 275 g/mol. The molecule has 0 saturated carbocycles. The summed E-state index contributed by atoms with van der Waals surface area (Å²) in [5.74, 6) is 0. The molecular weight excluding hydrogens is 253 g/mol. The minimum absolute atomic E-state index is 0.336. The summed E-state index contributed by atoms with van der Waals surface area (Å²) in [5.41, 5.74) is 0.336. The first kappa shape index (κ1) is 12.8. The van der Waals surface area contributed by atoms with Crippen molar-refractivity contribution in [3.63, 3.8) is 0 Å². The molecule has 3 heteroatoms. The van der Waals surface area contributed by atoms with E-state index < -0.39 is 21.7 Å². The van der Waals surface area contributed by atoms with Crippen LogP contribution >= 0.6 is 0 Å². The summed E-state index contributed by atoms with van der Waals surface area (Å²) < 4.78 is 12.6. The summed E-state index contributed by atoms with van der Waals surface area (Å²) in [6.07, 6.45) is 0. The van der Waals surface area contributed by atoms with Gasteiger partial charge in [-0.2, -0.15) is 0 Å². The molecule has 0 N–H and O–H groups in total.